The summed E-state index contributed by atoms with van der Waals surface area (Å²) in [5.41, 5.74) is 1.54. The van der Waals surface area contributed by atoms with Crippen LogP contribution in [0.5, 0.6) is 0 Å². The molecule has 2 aromatic rings. The molecule has 0 aliphatic rings. The van der Waals surface area contributed by atoms with Crippen molar-refractivity contribution in [3.8, 4) is 0 Å². The summed E-state index contributed by atoms with van der Waals surface area (Å²) >= 11 is 3.32. The number of hydrogen-bond acceptors (Lipinski definition) is 2. The van der Waals surface area contributed by atoms with E-state index in [1.807, 2.05) is 37.3 Å². The Labute approximate surface area is 123 Å². The van der Waals surface area contributed by atoms with Crippen LogP contribution in [0.2, 0.25) is 0 Å². The van der Waals surface area contributed by atoms with Crippen LogP contribution in [0.1, 0.15) is 15.9 Å². The van der Waals surface area contributed by atoms with Gasteiger partial charge in [0, 0.05) is 14.9 Å². The lowest BCUT2D eigenvalue weighted by atomic mass is 10.2. The molecule has 2 rings (SSSR count). The largest absolute Gasteiger partial charge is 0.293 e. The summed E-state index contributed by atoms with van der Waals surface area (Å²) in [5.74, 6) is -0.0824. The van der Waals surface area contributed by atoms with Gasteiger partial charge in [-0.25, -0.2) is 0 Å². The van der Waals surface area contributed by atoms with Crippen LogP contribution in [-0.2, 0) is 10.8 Å². The molecule has 1 unspecified atom stereocenters. The summed E-state index contributed by atoms with van der Waals surface area (Å²) in [5, 5.41) is 0. The van der Waals surface area contributed by atoms with Crippen molar-refractivity contribution in [3.63, 3.8) is 0 Å². The van der Waals surface area contributed by atoms with Crippen LogP contribution in [-0.4, -0.2) is 15.7 Å². The summed E-state index contributed by atoms with van der Waals surface area (Å²) in [6, 6.07) is 14.5. The first kappa shape index (κ1) is 14.2. The van der Waals surface area contributed by atoms with Crippen molar-refractivity contribution in [1.29, 1.82) is 0 Å². The molecule has 0 radical (unpaired) electrons. The van der Waals surface area contributed by atoms with Gasteiger partial charge in [0.2, 0.25) is 0 Å². The highest BCUT2D eigenvalue weighted by Gasteiger charge is 2.13. The van der Waals surface area contributed by atoms with Gasteiger partial charge in [-0.3, -0.25) is 9.00 Å². The van der Waals surface area contributed by atoms with Crippen molar-refractivity contribution < 1.29 is 9.00 Å². The van der Waals surface area contributed by atoms with Crippen LogP contribution in [0.4, 0.5) is 0 Å². The van der Waals surface area contributed by atoms with Crippen LogP contribution < -0.4 is 0 Å². The van der Waals surface area contributed by atoms with E-state index in [0.717, 1.165) is 14.9 Å². The Bertz CT molecular complexity index is 620. The molecule has 0 amide bonds. The van der Waals surface area contributed by atoms with Gasteiger partial charge < -0.3 is 0 Å². The minimum absolute atomic E-state index is 0.0203. The molecule has 2 nitrogen and oxygen atoms in total. The highest BCUT2D eigenvalue weighted by Crippen LogP contribution is 2.15. The smallest absolute Gasteiger partial charge is 0.175 e. The molecule has 0 spiro atoms. The van der Waals surface area contributed by atoms with Crippen molar-refractivity contribution in [3.05, 3.63) is 64.1 Å². The first-order chi connectivity index (χ1) is 9.08. The maximum atomic E-state index is 12.2. The second kappa shape index (κ2) is 6.26. The maximum absolute atomic E-state index is 12.2. The van der Waals surface area contributed by atoms with E-state index in [1.54, 1.807) is 18.2 Å². The number of rotatable bonds is 4. The first-order valence-electron chi connectivity index (χ1n) is 5.80. The molecule has 98 valence electrons. The number of hydrogen-bond donors (Lipinski definition) is 0. The Morgan fingerprint density at radius 2 is 1.74 bits per heavy atom. The van der Waals surface area contributed by atoms with Gasteiger partial charge in [-0.2, -0.15) is 0 Å². The zero-order chi connectivity index (χ0) is 13.8. The van der Waals surface area contributed by atoms with Crippen molar-refractivity contribution >= 4 is 32.5 Å². The van der Waals surface area contributed by atoms with Gasteiger partial charge in [-0.05, 0) is 30.7 Å². The van der Waals surface area contributed by atoms with E-state index < -0.39 is 10.8 Å². The molecule has 1 atom stereocenters. The molecule has 0 aliphatic carbocycles. The third-order valence-corrected chi connectivity index (χ3v) is 4.77. The normalized spacial score (nSPS) is 12.1. The maximum Gasteiger partial charge on any atom is 0.175 e. The predicted molar refractivity (Wildman–Crippen MR) is 80.9 cm³/mol. The van der Waals surface area contributed by atoms with E-state index in [1.165, 1.54) is 0 Å². The summed E-state index contributed by atoms with van der Waals surface area (Å²) in [4.78, 5) is 12.8. The van der Waals surface area contributed by atoms with Crippen LogP contribution >= 0.6 is 15.9 Å². The molecule has 0 saturated carbocycles. The highest BCUT2D eigenvalue weighted by atomic mass is 79.9. The summed E-state index contributed by atoms with van der Waals surface area (Å²) in [6.45, 7) is 1.90. The number of ketones is 1. The van der Waals surface area contributed by atoms with Crippen molar-refractivity contribution in [2.24, 2.45) is 0 Å². The van der Waals surface area contributed by atoms with Crippen LogP contribution in [0, 0.1) is 6.92 Å². The third kappa shape index (κ3) is 3.61. The first-order valence-corrected chi connectivity index (χ1v) is 7.92. The molecule has 2 aromatic carbocycles. The second-order valence-electron chi connectivity index (χ2n) is 4.19. The molecule has 0 aliphatic heterocycles. The van der Waals surface area contributed by atoms with E-state index >= 15 is 0 Å². The van der Waals surface area contributed by atoms with E-state index in [2.05, 4.69) is 15.9 Å². The van der Waals surface area contributed by atoms with Gasteiger partial charge in [-0.15, -0.1) is 0 Å². The molecule has 19 heavy (non-hydrogen) atoms. The van der Waals surface area contributed by atoms with Gasteiger partial charge >= 0.3 is 0 Å². The molecule has 0 bridgehead atoms. The van der Waals surface area contributed by atoms with Gasteiger partial charge in [-0.1, -0.05) is 46.3 Å². The number of benzene rings is 2. The molecular formula is C15H13BrO2S. The summed E-state index contributed by atoms with van der Waals surface area (Å²) in [6.07, 6.45) is 0. The standard InChI is InChI=1S/C15H13BrO2S/c1-11-4-2-3-5-15(11)19(18)10-14(17)12-6-8-13(16)9-7-12/h2-9H,10H2,1H3. The Kier molecular flexibility index (Phi) is 4.66. The molecule has 0 aromatic heterocycles. The third-order valence-electron chi connectivity index (χ3n) is 2.77. The SMILES string of the molecule is Cc1ccccc1S(=O)CC(=O)c1ccc(Br)cc1. The minimum atomic E-state index is -1.29. The number of carbonyl (C=O) groups is 1. The van der Waals surface area contributed by atoms with Gasteiger partial charge in [0.1, 0.15) is 0 Å². The van der Waals surface area contributed by atoms with Gasteiger partial charge in [0.15, 0.2) is 5.78 Å². The van der Waals surface area contributed by atoms with E-state index in [4.69, 9.17) is 0 Å². The fourth-order valence-electron chi connectivity index (χ4n) is 1.73. The van der Waals surface area contributed by atoms with E-state index in [0.29, 0.717) is 5.56 Å². The highest BCUT2D eigenvalue weighted by molar-refractivity contribution is 9.10. The molecule has 0 fully saturated rings. The number of halogens is 1. The number of Topliss-reactive ketones (excluding diaryl/α,β-unsaturated/α-hetero) is 1. The average Bonchev–Trinajstić information content (AvgIpc) is 2.39. The average molecular weight is 337 g/mol. The van der Waals surface area contributed by atoms with Crippen LogP contribution in [0.25, 0.3) is 0 Å². The Morgan fingerprint density at radius 3 is 2.37 bits per heavy atom. The van der Waals surface area contributed by atoms with Crippen LogP contribution in [0.15, 0.2) is 57.9 Å². The quantitative estimate of drug-likeness (QED) is 0.797. The Morgan fingerprint density at radius 1 is 1.11 bits per heavy atom. The minimum Gasteiger partial charge on any atom is -0.293 e. The van der Waals surface area contributed by atoms with Gasteiger partial charge in [0.05, 0.1) is 16.6 Å². The zero-order valence-electron chi connectivity index (χ0n) is 10.4. The number of carbonyl (C=O) groups excluding carboxylic acids is 1. The predicted octanol–water partition coefficient (Wildman–Crippen LogP) is 3.75. The van der Waals surface area contributed by atoms with E-state index in [-0.39, 0.29) is 11.5 Å². The van der Waals surface area contributed by atoms with Crippen molar-refractivity contribution in [2.75, 3.05) is 5.75 Å². The second-order valence-corrected chi connectivity index (χ2v) is 6.52. The lowest BCUT2D eigenvalue weighted by molar-refractivity contribution is 0.102. The lowest BCUT2D eigenvalue weighted by Gasteiger charge is -2.05. The van der Waals surface area contributed by atoms with Crippen molar-refractivity contribution in [1.82, 2.24) is 0 Å². The summed E-state index contributed by atoms with van der Waals surface area (Å²) in [7, 11) is -1.29. The Hall–Kier alpha value is -1.26. The summed E-state index contributed by atoms with van der Waals surface area (Å²) < 4.78 is 13.1. The number of aryl methyl sites for hydroxylation is 1. The fraction of sp³-hybridized carbons (Fsp3) is 0.133. The lowest BCUT2D eigenvalue weighted by Crippen LogP contribution is -2.11. The molecule has 4 heteroatoms. The zero-order valence-corrected chi connectivity index (χ0v) is 12.8. The monoisotopic (exact) mass is 336 g/mol. The molecule has 0 N–H and O–H groups in total. The Balaban J connectivity index is 2.13. The topological polar surface area (TPSA) is 34.1 Å². The molecular weight excluding hydrogens is 324 g/mol. The molecule has 0 heterocycles. The van der Waals surface area contributed by atoms with Gasteiger partial charge in [0.25, 0.3) is 0 Å². The van der Waals surface area contributed by atoms with Crippen molar-refractivity contribution in [2.45, 2.75) is 11.8 Å². The fourth-order valence-corrected chi connectivity index (χ4v) is 3.21. The molecule has 0 saturated heterocycles. The van der Waals surface area contributed by atoms with Crippen LogP contribution in [0.3, 0.4) is 0 Å². The van der Waals surface area contributed by atoms with E-state index in [9.17, 15) is 9.00 Å².